The number of thioether (sulfide) groups is 1. The molecular weight excluding hydrogens is 330 g/mol. The first-order valence-corrected chi connectivity index (χ1v) is 8.80. The Morgan fingerprint density at radius 3 is 2.71 bits per heavy atom. The van der Waals surface area contributed by atoms with Crippen molar-refractivity contribution in [2.75, 3.05) is 18.1 Å². The van der Waals surface area contributed by atoms with Crippen LogP contribution in [0.25, 0.3) is 0 Å². The van der Waals surface area contributed by atoms with Crippen molar-refractivity contribution in [3.63, 3.8) is 0 Å². The summed E-state index contributed by atoms with van der Waals surface area (Å²) in [5.41, 5.74) is 2.35. The Balaban J connectivity index is 1.93. The van der Waals surface area contributed by atoms with Crippen LogP contribution >= 0.6 is 11.8 Å². The summed E-state index contributed by atoms with van der Waals surface area (Å²) in [5.74, 6) is -0.436. The number of hydrogen-bond acceptors (Lipinski definition) is 5. The summed E-state index contributed by atoms with van der Waals surface area (Å²) >= 11 is 1.22. The summed E-state index contributed by atoms with van der Waals surface area (Å²) in [4.78, 5) is 36.3. The summed E-state index contributed by atoms with van der Waals surface area (Å²) in [6.45, 7) is 1.63. The monoisotopic (exact) mass is 351 g/mol. The maximum atomic E-state index is 12.5. The van der Waals surface area contributed by atoms with Crippen molar-refractivity contribution in [1.29, 1.82) is 0 Å². The summed E-state index contributed by atoms with van der Waals surface area (Å²) in [6.07, 6.45) is 1.07. The van der Waals surface area contributed by atoms with Crippen molar-refractivity contribution in [3.05, 3.63) is 35.9 Å². The fourth-order valence-corrected chi connectivity index (χ4v) is 2.90. The Morgan fingerprint density at radius 2 is 2.04 bits per heavy atom. The molecule has 0 saturated carbocycles. The van der Waals surface area contributed by atoms with E-state index in [9.17, 15) is 14.4 Å². The van der Waals surface area contributed by atoms with Gasteiger partial charge in [0.05, 0.1) is 12.4 Å². The van der Waals surface area contributed by atoms with Crippen molar-refractivity contribution in [2.45, 2.75) is 25.3 Å². The first-order chi connectivity index (χ1) is 11.5. The van der Waals surface area contributed by atoms with Crippen LogP contribution in [0.15, 0.2) is 30.3 Å². The number of aliphatic hydroxyl groups is 1. The van der Waals surface area contributed by atoms with Gasteiger partial charge in [-0.25, -0.2) is 4.79 Å². The van der Waals surface area contributed by atoms with Crippen LogP contribution in [0.4, 0.5) is 4.79 Å². The highest BCUT2D eigenvalue weighted by molar-refractivity contribution is 7.99. The van der Waals surface area contributed by atoms with Crippen LogP contribution in [0.3, 0.4) is 0 Å². The zero-order valence-electron chi connectivity index (χ0n) is 13.4. The molecule has 2 rings (SSSR count). The highest BCUT2D eigenvalue weighted by Crippen LogP contribution is 2.22. The number of hydrogen-bond donors (Lipinski definition) is 3. The molecule has 0 aliphatic carbocycles. The zero-order chi connectivity index (χ0) is 17.6. The number of nitrogens with zero attached hydrogens (tertiary/aromatic N) is 1. The molecule has 1 aromatic carbocycles. The van der Waals surface area contributed by atoms with E-state index < -0.39 is 23.4 Å². The second-order valence-electron chi connectivity index (χ2n) is 5.70. The van der Waals surface area contributed by atoms with Crippen LogP contribution in [0.2, 0.25) is 0 Å². The van der Waals surface area contributed by atoms with Crippen LogP contribution in [-0.2, 0) is 16.0 Å². The molecule has 1 aliphatic heterocycles. The maximum absolute atomic E-state index is 12.5. The van der Waals surface area contributed by atoms with Gasteiger partial charge in [-0.2, -0.15) is 5.01 Å². The topological polar surface area (TPSA) is 98.7 Å². The largest absolute Gasteiger partial charge is 0.396 e. The zero-order valence-corrected chi connectivity index (χ0v) is 14.3. The first kappa shape index (κ1) is 18.3. The van der Waals surface area contributed by atoms with E-state index in [4.69, 9.17) is 5.11 Å². The Kier molecular flexibility index (Phi) is 6.22. The smallest absolute Gasteiger partial charge is 0.344 e. The molecule has 24 heavy (non-hydrogen) atoms. The van der Waals surface area contributed by atoms with Crippen molar-refractivity contribution in [2.24, 2.45) is 0 Å². The first-order valence-electron chi connectivity index (χ1n) is 7.65. The van der Waals surface area contributed by atoms with Crippen molar-refractivity contribution in [3.8, 4) is 0 Å². The Labute approximate surface area is 144 Å². The van der Waals surface area contributed by atoms with Gasteiger partial charge in [-0.1, -0.05) is 30.3 Å². The van der Waals surface area contributed by atoms with Gasteiger partial charge in [0.15, 0.2) is 0 Å². The van der Waals surface area contributed by atoms with E-state index in [1.54, 1.807) is 6.92 Å². The molecule has 1 aromatic rings. The second-order valence-corrected chi connectivity index (χ2v) is 6.80. The molecule has 3 N–H and O–H groups in total. The number of urea groups is 1. The van der Waals surface area contributed by atoms with Crippen molar-refractivity contribution < 1.29 is 19.5 Å². The van der Waals surface area contributed by atoms with Crippen molar-refractivity contribution >= 4 is 29.6 Å². The average Bonchev–Trinajstić information content (AvgIpc) is 2.78. The minimum Gasteiger partial charge on any atom is -0.396 e. The predicted octanol–water partition coefficient (Wildman–Crippen LogP) is 0.686. The third-order valence-electron chi connectivity index (χ3n) is 3.72. The SMILES string of the molecule is C[C@@]1(CCc2ccccc2)NC(=O)N(NC(=O)CSCCO)C1=O. The van der Waals surface area contributed by atoms with E-state index in [1.165, 1.54) is 11.8 Å². The second kappa shape index (κ2) is 8.16. The van der Waals surface area contributed by atoms with Gasteiger partial charge in [0, 0.05) is 5.75 Å². The molecule has 1 aliphatic rings. The van der Waals surface area contributed by atoms with E-state index in [2.05, 4.69) is 10.7 Å². The number of benzene rings is 1. The van der Waals surface area contributed by atoms with Gasteiger partial charge in [0.2, 0.25) is 5.91 Å². The minimum atomic E-state index is -1.04. The molecule has 0 radical (unpaired) electrons. The van der Waals surface area contributed by atoms with E-state index >= 15 is 0 Å². The molecule has 0 aromatic heterocycles. The highest BCUT2D eigenvalue weighted by Gasteiger charge is 2.48. The minimum absolute atomic E-state index is 0.0291. The number of carbonyl (C=O) groups excluding carboxylic acids is 3. The van der Waals surface area contributed by atoms with Crippen LogP contribution in [0.5, 0.6) is 0 Å². The lowest BCUT2D eigenvalue weighted by atomic mass is 9.93. The molecule has 0 bridgehead atoms. The van der Waals surface area contributed by atoms with E-state index in [1.807, 2.05) is 30.3 Å². The fraction of sp³-hybridized carbons (Fsp3) is 0.438. The molecule has 0 unspecified atom stereocenters. The van der Waals surface area contributed by atoms with Crippen molar-refractivity contribution in [1.82, 2.24) is 15.8 Å². The lowest BCUT2D eigenvalue weighted by Crippen LogP contribution is -2.49. The molecule has 1 heterocycles. The molecule has 1 atom stereocenters. The predicted molar refractivity (Wildman–Crippen MR) is 91.1 cm³/mol. The molecule has 0 spiro atoms. The standard InChI is InChI=1S/C16H21N3O4S/c1-16(8-7-12-5-3-2-4-6-12)14(22)19(15(23)17-16)18-13(21)11-24-10-9-20/h2-6,20H,7-11H2,1H3,(H,17,23)(H,18,21)/t16-/m0/s1. The van der Waals surface area contributed by atoms with Gasteiger partial charge in [-0.3, -0.25) is 15.0 Å². The molecule has 4 amide bonds. The fourth-order valence-electron chi connectivity index (χ4n) is 2.38. The molecule has 8 heteroatoms. The lowest BCUT2D eigenvalue weighted by molar-refractivity contribution is -0.138. The van der Waals surface area contributed by atoms with Crippen LogP contribution in [0, 0.1) is 0 Å². The molecular formula is C16H21N3O4S. The molecule has 1 fully saturated rings. The Bertz CT molecular complexity index is 611. The van der Waals surface area contributed by atoms with Gasteiger partial charge in [-0.05, 0) is 25.3 Å². The maximum Gasteiger partial charge on any atom is 0.344 e. The number of imide groups is 1. The number of aliphatic hydroxyl groups excluding tert-OH is 1. The number of nitrogens with one attached hydrogen (secondary N) is 2. The van der Waals surface area contributed by atoms with Crippen LogP contribution in [0.1, 0.15) is 18.9 Å². The average molecular weight is 351 g/mol. The highest BCUT2D eigenvalue weighted by atomic mass is 32.2. The van der Waals surface area contributed by atoms with E-state index in [0.29, 0.717) is 18.6 Å². The number of carbonyl (C=O) groups is 3. The van der Waals surface area contributed by atoms with Crippen LogP contribution < -0.4 is 10.7 Å². The van der Waals surface area contributed by atoms with Crippen LogP contribution in [-0.4, -0.2) is 51.6 Å². The van der Waals surface area contributed by atoms with Gasteiger partial charge in [0.1, 0.15) is 5.54 Å². The molecule has 1 saturated heterocycles. The number of rotatable bonds is 8. The number of hydrazine groups is 1. The van der Waals surface area contributed by atoms with Gasteiger partial charge >= 0.3 is 6.03 Å². The van der Waals surface area contributed by atoms with Gasteiger partial charge in [0.25, 0.3) is 5.91 Å². The Morgan fingerprint density at radius 1 is 1.33 bits per heavy atom. The van der Waals surface area contributed by atoms with Gasteiger partial charge < -0.3 is 10.4 Å². The molecule has 130 valence electrons. The van der Waals surface area contributed by atoms with E-state index in [0.717, 1.165) is 10.6 Å². The summed E-state index contributed by atoms with van der Waals surface area (Å²) < 4.78 is 0. The number of aryl methyl sites for hydroxylation is 1. The number of amides is 4. The third kappa shape index (κ3) is 4.48. The quantitative estimate of drug-likeness (QED) is 0.473. The normalized spacial score (nSPS) is 20.2. The van der Waals surface area contributed by atoms with E-state index in [-0.39, 0.29) is 12.4 Å². The molecule has 7 nitrogen and oxygen atoms in total. The summed E-state index contributed by atoms with van der Waals surface area (Å²) in [6, 6.07) is 9.05. The Hall–Kier alpha value is -2.06. The lowest BCUT2D eigenvalue weighted by Gasteiger charge is -2.21. The third-order valence-corrected chi connectivity index (χ3v) is 4.66. The van der Waals surface area contributed by atoms with Gasteiger partial charge in [-0.15, -0.1) is 11.8 Å². The summed E-state index contributed by atoms with van der Waals surface area (Å²) in [7, 11) is 0. The summed E-state index contributed by atoms with van der Waals surface area (Å²) in [5, 5.41) is 12.1.